The number of oxime groups is 1. The summed E-state index contributed by atoms with van der Waals surface area (Å²) in [7, 11) is 0. The van der Waals surface area contributed by atoms with E-state index in [2.05, 4.69) is 5.16 Å². The molecule has 4 nitrogen and oxygen atoms in total. The summed E-state index contributed by atoms with van der Waals surface area (Å²) in [6, 6.07) is 8.81. The van der Waals surface area contributed by atoms with Gasteiger partial charge in [0.2, 0.25) is 0 Å². The van der Waals surface area contributed by atoms with Gasteiger partial charge in [-0.3, -0.25) is 0 Å². The minimum atomic E-state index is -0.416. The fraction of sp³-hybridized carbons (Fsp3) is 0.0714. The Bertz CT molecular complexity index is 693. The summed E-state index contributed by atoms with van der Waals surface area (Å²) < 4.78 is 18.7. The van der Waals surface area contributed by atoms with E-state index in [1.807, 2.05) is 0 Å². The lowest BCUT2D eigenvalue weighted by Gasteiger charge is -2.12. The minimum Gasteiger partial charge on any atom is -0.488 e. The lowest BCUT2D eigenvalue weighted by molar-refractivity contribution is 0.302. The number of halogens is 3. The molecule has 21 heavy (non-hydrogen) atoms. The van der Waals surface area contributed by atoms with Crippen LogP contribution >= 0.6 is 23.2 Å². The normalized spacial score (nSPS) is 11.5. The molecule has 0 heterocycles. The van der Waals surface area contributed by atoms with Crippen LogP contribution in [0.4, 0.5) is 4.39 Å². The number of ether oxygens (including phenoxy) is 1. The number of hydrogen-bond acceptors (Lipinski definition) is 3. The molecule has 0 unspecified atom stereocenters. The molecule has 0 aliphatic carbocycles. The van der Waals surface area contributed by atoms with Gasteiger partial charge in [-0.15, -0.1) is 0 Å². The van der Waals surface area contributed by atoms with Crippen LogP contribution < -0.4 is 10.5 Å². The molecule has 0 saturated heterocycles. The van der Waals surface area contributed by atoms with E-state index in [1.54, 1.807) is 18.2 Å². The summed E-state index contributed by atoms with van der Waals surface area (Å²) in [5.41, 5.74) is 6.30. The summed E-state index contributed by atoms with van der Waals surface area (Å²) >= 11 is 12.0. The molecule has 2 aromatic carbocycles. The molecule has 0 saturated carbocycles. The quantitative estimate of drug-likeness (QED) is 0.388. The molecule has 3 N–H and O–H groups in total. The molecule has 2 aromatic rings. The number of benzene rings is 2. The third-order valence-corrected chi connectivity index (χ3v) is 3.41. The summed E-state index contributed by atoms with van der Waals surface area (Å²) in [5, 5.41) is 12.3. The highest BCUT2D eigenvalue weighted by molar-refractivity contribution is 6.34. The van der Waals surface area contributed by atoms with Gasteiger partial charge in [-0.2, -0.15) is 0 Å². The van der Waals surface area contributed by atoms with Crippen LogP contribution in [0.1, 0.15) is 11.1 Å². The second-order valence-electron chi connectivity index (χ2n) is 4.12. The van der Waals surface area contributed by atoms with Crippen molar-refractivity contribution < 1.29 is 14.3 Å². The number of nitrogens with two attached hydrogens (primary N) is 1. The summed E-state index contributed by atoms with van der Waals surface area (Å²) in [4.78, 5) is 0. The van der Waals surface area contributed by atoms with Crippen molar-refractivity contribution in [2.45, 2.75) is 6.61 Å². The summed E-state index contributed by atoms with van der Waals surface area (Å²) in [5.74, 6) is -0.292. The molecule has 0 fully saturated rings. The van der Waals surface area contributed by atoms with E-state index in [1.165, 1.54) is 18.2 Å². The van der Waals surface area contributed by atoms with E-state index in [0.29, 0.717) is 16.3 Å². The highest BCUT2D eigenvalue weighted by Crippen LogP contribution is 2.28. The van der Waals surface area contributed by atoms with Crippen LogP contribution in [0.15, 0.2) is 41.6 Å². The van der Waals surface area contributed by atoms with Gasteiger partial charge in [0.1, 0.15) is 18.2 Å². The number of nitrogens with zero attached hydrogens (tertiary/aromatic N) is 1. The maximum atomic E-state index is 13.2. The van der Waals surface area contributed by atoms with Crippen LogP contribution in [0.2, 0.25) is 10.0 Å². The van der Waals surface area contributed by atoms with Crippen LogP contribution in [-0.4, -0.2) is 11.0 Å². The Labute approximate surface area is 130 Å². The maximum Gasteiger partial charge on any atom is 0.175 e. The Hall–Kier alpha value is -1.98. The lowest BCUT2D eigenvalue weighted by Crippen LogP contribution is -2.15. The largest absolute Gasteiger partial charge is 0.488 e. The third kappa shape index (κ3) is 3.56. The van der Waals surface area contributed by atoms with Crippen LogP contribution in [0.25, 0.3) is 0 Å². The Morgan fingerprint density at radius 2 is 2.00 bits per heavy atom. The van der Waals surface area contributed by atoms with E-state index in [-0.39, 0.29) is 23.0 Å². The number of hydrogen-bond donors (Lipinski definition) is 2. The van der Waals surface area contributed by atoms with E-state index in [9.17, 15) is 4.39 Å². The van der Waals surface area contributed by atoms with Gasteiger partial charge in [0.15, 0.2) is 5.84 Å². The summed E-state index contributed by atoms with van der Waals surface area (Å²) in [6.07, 6.45) is 0. The van der Waals surface area contributed by atoms with Gasteiger partial charge < -0.3 is 15.7 Å². The average molecular weight is 329 g/mol. The molecule has 0 amide bonds. The Kier molecular flexibility index (Phi) is 4.88. The van der Waals surface area contributed by atoms with Gasteiger partial charge in [0.05, 0.1) is 10.6 Å². The average Bonchev–Trinajstić information content (AvgIpc) is 2.47. The van der Waals surface area contributed by atoms with Gasteiger partial charge in [0, 0.05) is 10.6 Å². The topological polar surface area (TPSA) is 67.8 Å². The first kappa shape index (κ1) is 15.4. The molecular formula is C14H11Cl2FN2O2. The van der Waals surface area contributed by atoms with Crippen molar-refractivity contribution in [2.24, 2.45) is 10.9 Å². The predicted octanol–water partition coefficient (Wildman–Crippen LogP) is 3.81. The van der Waals surface area contributed by atoms with Crippen molar-refractivity contribution in [1.29, 1.82) is 0 Å². The number of rotatable bonds is 4. The molecular weight excluding hydrogens is 318 g/mol. The van der Waals surface area contributed by atoms with Crippen molar-refractivity contribution in [2.75, 3.05) is 0 Å². The zero-order valence-electron chi connectivity index (χ0n) is 10.7. The molecule has 0 radical (unpaired) electrons. The predicted molar refractivity (Wildman–Crippen MR) is 79.7 cm³/mol. The zero-order chi connectivity index (χ0) is 15.4. The Morgan fingerprint density at radius 1 is 1.24 bits per heavy atom. The van der Waals surface area contributed by atoms with Gasteiger partial charge in [-0.1, -0.05) is 34.4 Å². The third-order valence-electron chi connectivity index (χ3n) is 2.73. The Morgan fingerprint density at radius 3 is 2.71 bits per heavy atom. The fourth-order valence-electron chi connectivity index (χ4n) is 1.73. The molecule has 0 aliphatic rings. The van der Waals surface area contributed by atoms with Gasteiger partial charge in [-0.25, -0.2) is 4.39 Å². The molecule has 7 heteroatoms. The Balaban J connectivity index is 2.28. The monoisotopic (exact) mass is 328 g/mol. The second-order valence-corrected chi connectivity index (χ2v) is 4.94. The molecule has 0 aliphatic heterocycles. The SMILES string of the molecule is N/C(=N/O)c1c(Cl)cccc1OCc1cc(F)ccc1Cl. The van der Waals surface area contributed by atoms with Crippen molar-refractivity contribution >= 4 is 29.0 Å². The maximum absolute atomic E-state index is 13.2. The summed E-state index contributed by atoms with van der Waals surface area (Å²) in [6.45, 7) is 0.0165. The smallest absolute Gasteiger partial charge is 0.175 e. The molecule has 0 atom stereocenters. The molecule has 0 aromatic heterocycles. The van der Waals surface area contributed by atoms with Gasteiger partial charge in [-0.05, 0) is 30.3 Å². The zero-order valence-corrected chi connectivity index (χ0v) is 12.2. The first-order valence-corrected chi connectivity index (χ1v) is 6.61. The van der Waals surface area contributed by atoms with Crippen LogP contribution in [0, 0.1) is 5.82 Å². The lowest BCUT2D eigenvalue weighted by atomic mass is 10.2. The van der Waals surface area contributed by atoms with E-state index >= 15 is 0 Å². The second kappa shape index (κ2) is 6.65. The highest BCUT2D eigenvalue weighted by Gasteiger charge is 2.13. The van der Waals surface area contributed by atoms with E-state index in [0.717, 1.165) is 0 Å². The van der Waals surface area contributed by atoms with Gasteiger partial charge in [0.25, 0.3) is 0 Å². The van der Waals surface area contributed by atoms with Crippen LogP contribution in [0.3, 0.4) is 0 Å². The standard InChI is InChI=1S/C14H11Cl2FN2O2/c15-10-5-4-9(17)6-8(10)7-21-12-3-1-2-11(16)13(12)14(18)19-20/h1-6,20H,7H2,(H2,18,19). The fourth-order valence-corrected chi connectivity index (χ4v) is 2.17. The molecule has 110 valence electrons. The van der Waals surface area contributed by atoms with Crippen LogP contribution in [-0.2, 0) is 6.61 Å². The number of amidine groups is 1. The first-order chi connectivity index (χ1) is 10.0. The molecule has 0 bridgehead atoms. The van der Waals surface area contributed by atoms with Crippen molar-refractivity contribution in [1.82, 2.24) is 0 Å². The van der Waals surface area contributed by atoms with E-state index in [4.69, 9.17) is 38.9 Å². The molecule has 0 spiro atoms. The minimum absolute atomic E-state index is 0.0165. The highest BCUT2D eigenvalue weighted by atomic mass is 35.5. The molecule has 2 rings (SSSR count). The van der Waals surface area contributed by atoms with Crippen molar-refractivity contribution in [3.05, 3.63) is 63.4 Å². The van der Waals surface area contributed by atoms with Crippen LogP contribution in [0.5, 0.6) is 5.75 Å². The van der Waals surface area contributed by atoms with Crippen molar-refractivity contribution in [3.63, 3.8) is 0 Å². The first-order valence-electron chi connectivity index (χ1n) is 5.86. The van der Waals surface area contributed by atoms with E-state index < -0.39 is 5.82 Å². The van der Waals surface area contributed by atoms with Gasteiger partial charge >= 0.3 is 0 Å². The van der Waals surface area contributed by atoms with Crippen molar-refractivity contribution in [3.8, 4) is 5.75 Å².